The molecule has 0 heterocycles. The van der Waals surface area contributed by atoms with Crippen LogP contribution in [0.15, 0.2) is 12.7 Å². The average Bonchev–Trinajstić information content (AvgIpc) is 1.86. The van der Waals surface area contributed by atoms with Crippen molar-refractivity contribution in [3.05, 3.63) is 12.7 Å². The summed E-state index contributed by atoms with van der Waals surface area (Å²) in [5, 5.41) is 0. The summed E-state index contributed by atoms with van der Waals surface area (Å²) in [6, 6.07) is 0. The number of nitrogens with zero attached hydrogens (tertiary/aromatic N) is 1. The number of carbonyl (C=O) groups excluding carboxylic acids is 1. The summed E-state index contributed by atoms with van der Waals surface area (Å²) in [5.41, 5.74) is -0.0972. The third-order valence-corrected chi connectivity index (χ3v) is 1.57. The molecule has 64 valence electrons. The molecule has 0 rings (SSSR count). The van der Waals surface area contributed by atoms with Gasteiger partial charge in [-0.05, 0) is 33.8 Å². The second-order valence-corrected chi connectivity index (χ2v) is 3.46. The van der Waals surface area contributed by atoms with Crippen molar-refractivity contribution < 1.29 is 4.79 Å². The predicted molar refractivity (Wildman–Crippen MR) is 47.3 cm³/mol. The zero-order valence-electron chi connectivity index (χ0n) is 7.85. The normalized spacial score (nSPS) is 10.9. The van der Waals surface area contributed by atoms with Crippen LogP contribution < -0.4 is 0 Å². The molecule has 2 heteroatoms. The molecule has 0 spiro atoms. The number of likely N-dealkylation sites (N-methyl/N-ethyl adjacent to an activating group) is 1. The van der Waals surface area contributed by atoms with Crippen LogP contribution in [0.25, 0.3) is 0 Å². The highest BCUT2D eigenvalue weighted by Gasteiger charge is 2.22. The molecule has 0 aliphatic heterocycles. The monoisotopic (exact) mass is 155 g/mol. The van der Waals surface area contributed by atoms with Gasteiger partial charge in [0.1, 0.15) is 0 Å². The van der Waals surface area contributed by atoms with Gasteiger partial charge in [0, 0.05) is 12.1 Å². The highest BCUT2D eigenvalue weighted by molar-refractivity contribution is 5.87. The highest BCUT2D eigenvalue weighted by Crippen LogP contribution is 2.12. The Morgan fingerprint density at radius 2 is 2.00 bits per heavy atom. The van der Waals surface area contributed by atoms with E-state index in [1.165, 1.54) is 6.08 Å². The number of hydrogen-bond donors (Lipinski definition) is 0. The van der Waals surface area contributed by atoms with Crippen molar-refractivity contribution in [1.82, 2.24) is 4.90 Å². The van der Waals surface area contributed by atoms with Crippen molar-refractivity contribution in [3.63, 3.8) is 0 Å². The lowest BCUT2D eigenvalue weighted by Gasteiger charge is -2.33. The Kier molecular flexibility index (Phi) is 3.30. The Labute approximate surface area is 68.9 Å². The Bertz CT molecular complexity index is 155. The van der Waals surface area contributed by atoms with Gasteiger partial charge < -0.3 is 4.90 Å². The smallest absolute Gasteiger partial charge is 0.246 e. The Hall–Kier alpha value is -0.790. The van der Waals surface area contributed by atoms with Crippen molar-refractivity contribution in [2.75, 3.05) is 6.54 Å². The number of amides is 1. The summed E-state index contributed by atoms with van der Waals surface area (Å²) in [6.45, 7) is 12.2. The summed E-state index contributed by atoms with van der Waals surface area (Å²) in [5.74, 6) is 0.000000000000000666. The SMILES string of the molecule is C=CC(=O)N(CC)C(C)(C)C. The third-order valence-electron chi connectivity index (χ3n) is 1.57. The second-order valence-electron chi connectivity index (χ2n) is 3.46. The van der Waals surface area contributed by atoms with Crippen LogP contribution in [-0.4, -0.2) is 22.9 Å². The van der Waals surface area contributed by atoms with E-state index in [9.17, 15) is 4.79 Å². The van der Waals surface area contributed by atoms with Gasteiger partial charge in [-0.1, -0.05) is 6.58 Å². The van der Waals surface area contributed by atoms with Gasteiger partial charge >= 0.3 is 0 Å². The number of rotatable bonds is 2. The van der Waals surface area contributed by atoms with Gasteiger partial charge in [0.2, 0.25) is 5.91 Å². The van der Waals surface area contributed by atoms with Gasteiger partial charge in [-0.3, -0.25) is 4.79 Å². The van der Waals surface area contributed by atoms with Crippen LogP contribution in [0, 0.1) is 0 Å². The number of carbonyl (C=O) groups is 1. The van der Waals surface area contributed by atoms with Crippen molar-refractivity contribution in [2.45, 2.75) is 33.2 Å². The molecule has 0 bridgehead atoms. The van der Waals surface area contributed by atoms with E-state index in [1.54, 1.807) is 4.90 Å². The molecule has 0 aliphatic carbocycles. The molecular weight excluding hydrogens is 138 g/mol. The molecule has 0 saturated heterocycles. The molecule has 2 nitrogen and oxygen atoms in total. The molecule has 1 amide bonds. The first-order valence-corrected chi connectivity index (χ1v) is 3.87. The molecule has 0 fully saturated rings. The van der Waals surface area contributed by atoms with E-state index in [2.05, 4.69) is 6.58 Å². The first-order chi connectivity index (χ1) is 4.93. The topological polar surface area (TPSA) is 20.3 Å². The summed E-state index contributed by atoms with van der Waals surface area (Å²) >= 11 is 0. The summed E-state index contributed by atoms with van der Waals surface area (Å²) in [4.78, 5) is 13.0. The van der Waals surface area contributed by atoms with Gasteiger partial charge in [-0.2, -0.15) is 0 Å². The Morgan fingerprint density at radius 3 is 2.09 bits per heavy atom. The van der Waals surface area contributed by atoms with E-state index in [0.29, 0.717) is 0 Å². The van der Waals surface area contributed by atoms with Gasteiger partial charge in [0.05, 0.1) is 0 Å². The lowest BCUT2D eigenvalue weighted by atomic mass is 10.1. The van der Waals surface area contributed by atoms with Crippen LogP contribution in [-0.2, 0) is 4.79 Å². The minimum atomic E-state index is -0.0972. The average molecular weight is 155 g/mol. The van der Waals surface area contributed by atoms with Crippen molar-refractivity contribution in [1.29, 1.82) is 0 Å². The van der Waals surface area contributed by atoms with Gasteiger partial charge in [-0.15, -0.1) is 0 Å². The molecule has 0 atom stereocenters. The van der Waals surface area contributed by atoms with Crippen LogP contribution in [0.3, 0.4) is 0 Å². The Morgan fingerprint density at radius 1 is 1.55 bits per heavy atom. The summed E-state index contributed by atoms with van der Waals surface area (Å²) in [6.07, 6.45) is 1.36. The van der Waals surface area contributed by atoms with E-state index >= 15 is 0 Å². The molecule has 0 N–H and O–H groups in total. The zero-order valence-corrected chi connectivity index (χ0v) is 7.85. The fraction of sp³-hybridized carbons (Fsp3) is 0.667. The minimum Gasteiger partial charge on any atom is -0.335 e. The molecule has 0 aromatic carbocycles. The summed E-state index contributed by atoms with van der Waals surface area (Å²) < 4.78 is 0. The lowest BCUT2D eigenvalue weighted by molar-refractivity contribution is -0.130. The molecule has 0 saturated carbocycles. The maximum atomic E-state index is 11.2. The fourth-order valence-corrected chi connectivity index (χ4v) is 1.07. The Balaban J connectivity index is 4.41. The standard InChI is InChI=1S/C9H17NO/c1-6-8(11)10(7-2)9(3,4)5/h6H,1,7H2,2-5H3. The van der Waals surface area contributed by atoms with E-state index in [-0.39, 0.29) is 11.4 Å². The third kappa shape index (κ3) is 2.74. The maximum absolute atomic E-state index is 11.2. The van der Waals surface area contributed by atoms with Crippen molar-refractivity contribution in [3.8, 4) is 0 Å². The lowest BCUT2D eigenvalue weighted by Crippen LogP contribution is -2.44. The fourth-order valence-electron chi connectivity index (χ4n) is 1.07. The van der Waals surface area contributed by atoms with Gasteiger partial charge in [-0.25, -0.2) is 0 Å². The maximum Gasteiger partial charge on any atom is 0.246 e. The van der Waals surface area contributed by atoms with Crippen LogP contribution in [0.1, 0.15) is 27.7 Å². The molecular formula is C9H17NO. The van der Waals surface area contributed by atoms with E-state index < -0.39 is 0 Å². The van der Waals surface area contributed by atoms with E-state index in [4.69, 9.17) is 0 Å². The van der Waals surface area contributed by atoms with Crippen LogP contribution >= 0.6 is 0 Å². The van der Waals surface area contributed by atoms with E-state index in [1.807, 2.05) is 27.7 Å². The van der Waals surface area contributed by atoms with Gasteiger partial charge in [0.15, 0.2) is 0 Å². The zero-order chi connectivity index (χ0) is 9.07. The van der Waals surface area contributed by atoms with Crippen molar-refractivity contribution in [2.24, 2.45) is 0 Å². The molecule has 0 aliphatic rings. The highest BCUT2D eigenvalue weighted by atomic mass is 16.2. The van der Waals surface area contributed by atoms with Crippen LogP contribution in [0.5, 0.6) is 0 Å². The van der Waals surface area contributed by atoms with Crippen LogP contribution in [0.2, 0.25) is 0 Å². The first kappa shape index (κ1) is 10.2. The van der Waals surface area contributed by atoms with Crippen molar-refractivity contribution >= 4 is 5.91 Å². The quantitative estimate of drug-likeness (QED) is 0.557. The first-order valence-electron chi connectivity index (χ1n) is 3.87. The molecule has 0 radical (unpaired) electrons. The minimum absolute atomic E-state index is 0.000000000000000666. The molecule has 0 aromatic rings. The van der Waals surface area contributed by atoms with Crippen LogP contribution in [0.4, 0.5) is 0 Å². The summed E-state index contributed by atoms with van der Waals surface area (Å²) in [7, 11) is 0. The number of hydrogen-bond acceptors (Lipinski definition) is 1. The molecule has 0 unspecified atom stereocenters. The predicted octanol–water partition coefficient (Wildman–Crippen LogP) is 1.82. The second kappa shape index (κ2) is 3.56. The van der Waals surface area contributed by atoms with E-state index in [0.717, 1.165) is 6.54 Å². The largest absolute Gasteiger partial charge is 0.335 e. The molecule has 0 aromatic heterocycles. The van der Waals surface area contributed by atoms with Gasteiger partial charge in [0.25, 0.3) is 0 Å². The molecule has 11 heavy (non-hydrogen) atoms.